The number of hydrogen-bond acceptors (Lipinski definition) is 4. The minimum atomic E-state index is -1.18. The van der Waals surface area contributed by atoms with Gasteiger partial charge in [-0.3, -0.25) is 4.90 Å². The third-order valence-electron chi connectivity index (χ3n) is 6.98. The molecule has 2 fully saturated rings. The van der Waals surface area contributed by atoms with Crippen LogP contribution in [0.4, 0.5) is 4.79 Å². The lowest BCUT2D eigenvalue weighted by Crippen LogP contribution is -2.30. The number of fused-ring (bicyclic) bond motifs is 1. The third kappa shape index (κ3) is 5.70. The van der Waals surface area contributed by atoms with Crippen molar-refractivity contribution in [3.63, 3.8) is 0 Å². The summed E-state index contributed by atoms with van der Waals surface area (Å²) in [5.74, 6) is 1.76. The summed E-state index contributed by atoms with van der Waals surface area (Å²) in [5.41, 5.74) is 1.63. The number of nitrogens with zero attached hydrogens (tertiary/aromatic N) is 1. The van der Waals surface area contributed by atoms with Gasteiger partial charge < -0.3 is 14.6 Å². The second kappa shape index (κ2) is 9.07. The number of carboxylic acid groups (broad SMARTS) is 1. The van der Waals surface area contributed by atoms with Gasteiger partial charge in [0.15, 0.2) is 0 Å². The predicted molar refractivity (Wildman–Crippen MR) is 123 cm³/mol. The SMILES string of the molecule is CC(C)(C)C1CCC(Oc2ccc3cc(CN4CCC(OC(=O)O)C4)ccc3c2)CC1. The van der Waals surface area contributed by atoms with Crippen molar-refractivity contribution in [3.05, 3.63) is 42.0 Å². The maximum atomic E-state index is 10.7. The summed E-state index contributed by atoms with van der Waals surface area (Å²) in [7, 11) is 0. The molecule has 1 N–H and O–H groups in total. The monoisotopic (exact) mass is 425 g/mol. The maximum Gasteiger partial charge on any atom is 0.506 e. The summed E-state index contributed by atoms with van der Waals surface area (Å²) in [4.78, 5) is 13.0. The van der Waals surface area contributed by atoms with Crippen molar-refractivity contribution in [2.75, 3.05) is 13.1 Å². The molecule has 1 unspecified atom stereocenters. The number of rotatable bonds is 5. The lowest BCUT2D eigenvalue weighted by Gasteiger charge is -2.37. The largest absolute Gasteiger partial charge is 0.506 e. The van der Waals surface area contributed by atoms with Gasteiger partial charge in [-0.05, 0) is 78.0 Å². The normalized spacial score (nSPS) is 24.9. The fourth-order valence-corrected chi connectivity index (χ4v) is 5.12. The van der Waals surface area contributed by atoms with Crippen molar-refractivity contribution in [1.29, 1.82) is 0 Å². The predicted octanol–water partition coefficient (Wildman–Crippen LogP) is 6.09. The zero-order valence-electron chi connectivity index (χ0n) is 19.0. The van der Waals surface area contributed by atoms with Crippen LogP contribution in [-0.2, 0) is 11.3 Å². The van der Waals surface area contributed by atoms with E-state index in [1.165, 1.54) is 29.2 Å². The van der Waals surface area contributed by atoms with Crippen molar-refractivity contribution in [1.82, 2.24) is 4.90 Å². The number of ether oxygens (including phenoxy) is 2. The van der Waals surface area contributed by atoms with Crippen molar-refractivity contribution < 1.29 is 19.4 Å². The van der Waals surface area contributed by atoms with E-state index in [4.69, 9.17) is 14.6 Å². The van der Waals surface area contributed by atoms with E-state index in [0.717, 1.165) is 44.0 Å². The maximum absolute atomic E-state index is 10.7. The molecule has 1 aliphatic carbocycles. The van der Waals surface area contributed by atoms with Crippen LogP contribution in [0.15, 0.2) is 36.4 Å². The number of carbonyl (C=O) groups is 1. The quantitative estimate of drug-likeness (QED) is 0.587. The molecule has 2 aliphatic rings. The summed E-state index contributed by atoms with van der Waals surface area (Å²) in [6, 6.07) is 12.9. The molecule has 5 nitrogen and oxygen atoms in total. The summed E-state index contributed by atoms with van der Waals surface area (Å²) in [5, 5.41) is 11.2. The molecule has 0 bridgehead atoms. The highest BCUT2D eigenvalue weighted by Crippen LogP contribution is 2.39. The molecule has 1 saturated carbocycles. The molecule has 168 valence electrons. The van der Waals surface area contributed by atoms with Gasteiger partial charge in [-0.15, -0.1) is 0 Å². The van der Waals surface area contributed by atoms with E-state index < -0.39 is 6.16 Å². The van der Waals surface area contributed by atoms with Crippen LogP contribution in [0, 0.1) is 11.3 Å². The Morgan fingerprint density at radius 3 is 2.42 bits per heavy atom. The molecule has 0 aromatic heterocycles. The van der Waals surface area contributed by atoms with Gasteiger partial charge in [-0.2, -0.15) is 0 Å². The molecule has 1 saturated heterocycles. The van der Waals surface area contributed by atoms with Crippen LogP contribution in [0.5, 0.6) is 5.75 Å². The second-order valence-electron chi connectivity index (χ2n) is 10.3. The molecular weight excluding hydrogens is 390 g/mol. The van der Waals surface area contributed by atoms with Gasteiger partial charge in [0.2, 0.25) is 0 Å². The van der Waals surface area contributed by atoms with Gasteiger partial charge in [-0.1, -0.05) is 39.0 Å². The Balaban J connectivity index is 1.34. The van der Waals surface area contributed by atoms with E-state index in [1.54, 1.807) is 0 Å². The van der Waals surface area contributed by atoms with Crippen molar-refractivity contribution in [3.8, 4) is 5.75 Å². The fourth-order valence-electron chi connectivity index (χ4n) is 5.12. The summed E-state index contributed by atoms with van der Waals surface area (Å²) in [6.45, 7) is 9.38. The Kier molecular flexibility index (Phi) is 6.42. The van der Waals surface area contributed by atoms with E-state index in [2.05, 4.69) is 62.1 Å². The van der Waals surface area contributed by atoms with Crippen LogP contribution >= 0.6 is 0 Å². The molecule has 1 atom stereocenters. The minimum absolute atomic E-state index is 0.212. The fraction of sp³-hybridized carbons (Fsp3) is 0.577. The molecular formula is C26H35NO4. The van der Waals surface area contributed by atoms with Gasteiger partial charge in [0, 0.05) is 19.6 Å². The smallest absolute Gasteiger partial charge is 0.490 e. The average molecular weight is 426 g/mol. The average Bonchev–Trinajstić information content (AvgIpc) is 3.14. The van der Waals surface area contributed by atoms with Crippen LogP contribution in [-0.4, -0.2) is 41.5 Å². The van der Waals surface area contributed by atoms with Gasteiger partial charge in [0.25, 0.3) is 0 Å². The van der Waals surface area contributed by atoms with E-state index in [-0.39, 0.29) is 6.10 Å². The van der Waals surface area contributed by atoms with E-state index >= 15 is 0 Å². The van der Waals surface area contributed by atoms with E-state index in [0.29, 0.717) is 18.1 Å². The van der Waals surface area contributed by atoms with Crippen molar-refractivity contribution in [2.45, 2.75) is 71.6 Å². The van der Waals surface area contributed by atoms with Crippen LogP contribution in [0.1, 0.15) is 58.4 Å². The number of likely N-dealkylation sites (tertiary alicyclic amines) is 1. The molecule has 1 heterocycles. The van der Waals surface area contributed by atoms with Gasteiger partial charge in [0.05, 0.1) is 6.10 Å². The summed E-state index contributed by atoms with van der Waals surface area (Å²) >= 11 is 0. The van der Waals surface area contributed by atoms with Crippen LogP contribution in [0.3, 0.4) is 0 Å². The highest BCUT2D eigenvalue weighted by atomic mass is 16.7. The Morgan fingerprint density at radius 1 is 1.00 bits per heavy atom. The first-order valence-corrected chi connectivity index (χ1v) is 11.6. The molecule has 2 aromatic rings. The second-order valence-corrected chi connectivity index (χ2v) is 10.3. The first kappa shape index (κ1) is 21.9. The standard InChI is InChI=1S/C26H35NO4/c1-26(2,3)21-7-10-22(11-8-21)30-23-9-6-19-14-18(4-5-20(19)15-23)16-27-13-12-24(17-27)31-25(28)29/h4-6,9,14-15,21-22,24H,7-8,10-13,16-17H2,1-3H3,(H,28,29). The van der Waals surface area contributed by atoms with E-state index in [1.807, 2.05) is 0 Å². The molecule has 5 heteroatoms. The Labute approximate surface area is 185 Å². The Hall–Kier alpha value is -2.27. The lowest BCUT2D eigenvalue weighted by atomic mass is 9.72. The Morgan fingerprint density at radius 2 is 1.71 bits per heavy atom. The third-order valence-corrected chi connectivity index (χ3v) is 6.98. The molecule has 1 aliphatic heterocycles. The van der Waals surface area contributed by atoms with Gasteiger partial charge in [0.1, 0.15) is 11.9 Å². The van der Waals surface area contributed by atoms with Crippen LogP contribution in [0.2, 0.25) is 0 Å². The topological polar surface area (TPSA) is 59.0 Å². The molecule has 0 amide bonds. The summed E-state index contributed by atoms with van der Waals surface area (Å²) < 4.78 is 11.2. The molecule has 0 radical (unpaired) electrons. The molecule has 2 aromatic carbocycles. The van der Waals surface area contributed by atoms with Gasteiger partial charge >= 0.3 is 6.16 Å². The first-order valence-electron chi connectivity index (χ1n) is 11.6. The zero-order valence-corrected chi connectivity index (χ0v) is 19.0. The summed E-state index contributed by atoms with van der Waals surface area (Å²) in [6.07, 6.45) is 4.47. The van der Waals surface area contributed by atoms with Crippen molar-refractivity contribution in [2.24, 2.45) is 11.3 Å². The van der Waals surface area contributed by atoms with E-state index in [9.17, 15) is 4.79 Å². The van der Waals surface area contributed by atoms with Crippen LogP contribution in [0.25, 0.3) is 10.8 Å². The first-order chi connectivity index (χ1) is 14.8. The van der Waals surface area contributed by atoms with Crippen molar-refractivity contribution >= 4 is 16.9 Å². The Bertz CT molecular complexity index is 911. The molecule has 4 rings (SSSR count). The number of benzene rings is 2. The number of hydrogen-bond donors (Lipinski definition) is 1. The highest BCUT2D eigenvalue weighted by molar-refractivity contribution is 5.84. The minimum Gasteiger partial charge on any atom is -0.490 e. The lowest BCUT2D eigenvalue weighted by molar-refractivity contribution is 0.0548. The zero-order chi connectivity index (χ0) is 22.0. The molecule has 0 spiro atoms. The highest BCUT2D eigenvalue weighted by Gasteiger charge is 2.30. The van der Waals surface area contributed by atoms with Gasteiger partial charge in [-0.25, -0.2) is 4.79 Å². The molecule has 31 heavy (non-hydrogen) atoms. The van der Waals surface area contributed by atoms with Crippen LogP contribution < -0.4 is 4.74 Å².